The van der Waals surface area contributed by atoms with Gasteiger partial charge in [-0.15, -0.1) is 0 Å². The van der Waals surface area contributed by atoms with Crippen molar-refractivity contribution >= 4 is 13.0 Å². The van der Waals surface area contributed by atoms with Crippen LogP contribution in [0, 0.1) is 0 Å². The summed E-state index contributed by atoms with van der Waals surface area (Å²) in [5.41, 5.74) is 1.92. The monoisotopic (exact) mass is 134 g/mol. The van der Waals surface area contributed by atoms with Gasteiger partial charge in [0.05, 0.1) is 0 Å². The van der Waals surface area contributed by atoms with E-state index < -0.39 is 0 Å². The molecule has 0 saturated carbocycles. The Kier molecular flexibility index (Phi) is 1.25. The predicted octanol–water partition coefficient (Wildman–Crippen LogP) is 0.894. The fourth-order valence-corrected chi connectivity index (χ4v) is 0.824. The third-order valence-electron chi connectivity index (χ3n) is 1.31. The Morgan fingerprint density at radius 2 is 2.50 bits per heavy atom. The lowest BCUT2D eigenvalue weighted by Gasteiger charge is -1.88. The number of rotatable bonds is 1. The third-order valence-corrected chi connectivity index (χ3v) is 1.31. The maximum absolute atomic E-state index is 4.54. The molecular weight excluding hydrogens is 129 g/mol. The second-order valence-electron chi connectivity index (χ2n) is 1.97. The van der Waals surface area contributed by atoms with Crippen LogP contribution in [0.5, 0.6) is 0 Å². The lowest BCUT2D eigenvalue weighted by molar-refractivity contribution is -0.138. The van der Waals surface area contributed by atoms with Crippen LogP contribution in [-0.4, -0.2) is 12.5 Å². The predicted molar refractivity (Wildman–Crippen MR) is 36.7 cm³/mol. The molecule has 0 unspecified atom stereocenters. The third kappa shape index (κ3) is 0.824. The van der Waals surface area contributed by atoms with Crippen LogP contribution in [0.2, 0.25) is 0 Å². The summed E-state index contributed by atoms with van der Waals surface area (Å²) in [4.78, 5) is 12.1. The molecule has 3 nitrogen and oxygen atoms in total. The molecule has 1 aliphatic heterocycles. The molecule has 2 heterocycles. The Morgan fingerprint density at radius 1 is 1.50 bits per heavy atom. The lowest BCUT2D eigenvalue weighted by Crippen LogP contribution is -1.91. The van der Waals surface area contributed by atoms with Crippen LogP contribution >= 0.6 is 0 Å². The molecular formula is C6H5BNO2. The molecule has 0 spiro atoms. The molecule has 0 atom stereocenters. The van der Waals surface area contributed by atoms with Gasteiger partial charge >= 0.3 is 7.48 Å². The van der Waals surface area contributed by atoms with Crippen molar-refractivity contribution in [2.75, 3.05) is 0 Å². The van der Waals surface area contributed by atoms with Crippen molar-refractivity contribution in [2.24, 2.45) is 0 Å². The number of H-pyrrole nitrogens is 1. The van der Waals surface area contributed by atoms with Crippen LogP contribution in [0.1, 0.15) is 5.69 Å². The van der Waals surface area contributed by atoms with E-state index in [1.54, 1.807) is 13.7 Å². The molecule has 0 aliphatic carbocycles. The summed E-state index contributed by atoms with van der Waals surface area (Å²) >= 11 is 0. The molecule has 1 N–H and O–H groups in total. The van der Waals surface area contributed by atoms with Crippen LogP contribution in [0.25, 0.3) is 5.47 Å². The molecule has 1 aromatic heterocycles. The van der Waals surface area contributed by atoms with Crippen LogP contribution in [-0.2, 0) is 9.69 Å². The van der Waals surface area contributed by atoms with E-state index in [2.05, 4.69) is 14.7 Å². The van der Waals surface area contributed by atoms with Gasteiger partial charge in [-0.2, -0.15) is 0 Å². The Hall–Kier alpha value is -1.16. The van der Waals surface area contributed by atoms with Gasteiger partial charge in [0.2, 0.25) is 0 Å². The molecule has 1 aliphatic rings. The van der Waals surface area contributed by atoms with Gasteiger partial charge in [0.15, 0.2) is 0 Å². The molecule has 1 radical (unpaired) electrons. The lowest BCUT2D eigenvalue weighted by atomic mass is 9.87. The molecule has 0 fully saturated rings. The van der Waals surface area contributed by atoms with E-state index in [9.17, 15) is 0 Å². The van der Waals surface area contributed by atoms with E-state index in [-0.39, 0.29) is 0 Å². The Morgan fingerprint density at radius 3 is 3.10 bits per heavy atom. The van der Waals surface area contributed by atoms with Crippen molar-refractivity contribution in [1.82, 2.24) is 4.98 Å². The number of aromatic nitrogens is 1. The fourth-order valence-electron chi connectivity index (χ4n) is 0.824. The van der Waals surface area contributed by atoms with Crippen LogP contribution in [0.3, 0.4) is 0 Å². The zero-order valence-electron chi connectivity index (χ0n) is 5.20. The van der Waals surface area contributed by atoms with E-state index in [0.717, 1.165) is 11.2 Å². The second-order valence-corrected chi connectivity index (χ2v) is 1.97. The molecule has 2 rings (SSSR count). The number of nitrogens with one attached hydrogen (secondary N) is 1. The zero-order chi connectivity index (χ0) is 6.81. The normalized spacial score (nSPS) is 15.8. The minimum atomic E-state index is 0.921. The first-order valence-corrected chi connectivity index (χ1v) is 2.96. The van der Waals surface area contributed by atoms with Gasteiger partial charge < -0.3 is 9.87 Å². The summed E-state index contributed by atoms with van der Waals surface area (Å²) in [5, 5.41) is 0. The van der Waals surface area contributed by atoms with E-state index in [4.69, 9.17) is 0 Å². The Bertz CT molecular complexity index is 242. The topological polar surface area (TPSA) is 34.2 Å². The van der Waals surface area contributed by atoms with Crippen LogP contribution in [0.15, 0.2) is 24.6 Å². The zero-order valence-corrected chi connectivity index (χ0v) is 5.20. The van der Waals surface area contributed by atoms with Crippen molar-refractivity contribution in [3.05, 3.63) is 30.3 Å². The second kappa shape index (κ2) is 2.23. The maximum Gasteiger partial charge on any atom is 0.404 e. The van der Waals surface area contributed by atoms with Crippen molar-refractivity contribution in [1.29, 1.82) is 0 Å². The molecule has 1 aromatic rings. The van der Waals surface area contributed by atoms with Crippen molar-refractivity contribution in [3.63, 3.8) is 0 Å². The smallest absolute Gasteiger partial charge is 0.362 e. The quantitative estimate of drug-likeness (QED) is 0.457. The molecule has 0 bridgehead atoms. The van der Waals surface area contributed by atoms with E-state index >= 15 is 0 Å². The molecule has 10 heavy (non-hydrogen) atoms. The summed E-state index contributed by atoms with van der Waals surface area (Å²) in [5.74, 6) is 0. The van der Waals surface area contributed by atoms with Crippen LogP contribution < -0.4 is 0 Å². The summed E-state index contributed by atoms with van der Waals surface area (Å²) in [7, 11) is 1.55. The summed E-state index contributed by atoms with van der Waals surface area (Å²) in [6, 6.07) is 3.86. The van der Waals surface area contributed by atoms with Crippen molar-refractivity contribution in [3.8, 4) is 0 Å². The first-order valence-electron chi connectivity index (χ1n) is 2.96. The van der Waals surface area contributed by atoms with Crippen molar-refractivity contribution < 1.29 is 9.69 Å². The van der Waals surface area contributed by atoms with Gasteiger partial charge in [-0.05, 0) is 12.1 Å². The van der Waals surface area contributed by atoms with Crippen LogP contribution in [0.4, 0.5) is 0 Å². The highest BCUT2D eigenvalue weighted by atomic mass is 17.2. The van der Waals surface area contributed by atoms with E-state index in [1.165, 1.54) is 0 Å². The highest BCUT2D eigenvalue weighted by Crippen LogP contribution is 2.14. The first-order chi connectivity index (χ1) is 4.97. The Labute approximate surface area is 58.9 Å². The molecule has 0 saturated heterocycles. The summed E-state index contributed by atoms with van der Waals surface area (Å²) in [6.07, 6.45) is 3.40. The average Bonchev–Trinajstić information content (AvgIpc) is 2.59. The van der Waals surface area contributed by atoms with Gasteiger partial charge in [0.1, 0.15) is 6.26 Å². The average molecular weight is 134 g/mol. The largest absolute Gasteiger partial charge is 0.404 e. The molecule has 0 aromatic carbocycles. The number of hydrogen-bond acceptors (Lipinski definition) is 2. The minimum absolute atomic E-state index is 0.921. The maximum atomic E-state index is 4.54. The standard InChI is InChI=1S/C6H5BNO2/c1-2-6(8-3-1)5-4-9-10-7-5/h1-4,8H. The minimum Gasteiger partial charge on any atom is -0.362 e. The number of aromatic amines is 1. The van der Waals surface area contributed by atoms with E-state index in [0.29, 0.717) is 0 Å². The summed E-state index contributed by atoms with van der Waals surface area (Å²) in [6.45, 7) is 0. The molecule has 4 heteroatoms. The number of hydrogen-bond donors (Lipinski definition) is 1. The SMILES string of the molecule is [B]1OOC=C1c1ccc[nH]1. The van der Waals surface area contributed by atoms with Gasteiger partial charge in [0, 0.05) is 17.4 Å². The van der Waals surface area contributed by atoms with Crippen molar-refractivity contribution in [2.45, 2.75) is 0 Å². The van der Waals surface area contributed by atoms with Gasteiger partial charge in [-0.25, -0.2) is 0 Å². The summed E-state index contributed by atoms with van der Waals surface area (Å²) < 4.78 is 0. The van der Waals surface area contributed by atoms with Gasteiger partial charge in [0.25, 0.3) is 0 Å². The first kappa shape index (κ1) is 5.62. The highest BCUT2D eigenvalue weighted by Gasteiger charge is 2.12. The molecule has 49 valence electrons. The van der Waals surface area contributed by atoms with Gasteiger partial charge in [-0.1, -0.05) is 0 Å². The Balaban J connectivity index is 2.28. The van der Waals surface area contributed by atoms with E-state index in [1.807, 2.05) is 18.3 Å². The molecule has 0 amide bonds. The highest BCUT2D eigenvalue weighted by molar-refractivity contribution is 6.55. The van der Waals surface area contributed by atoms with Gasteiger partial charge in [-0.3, -0.25) is 4.81 Å². The fraction of sp³-hybridized carbons (Fsp3) is 0.